The third-order valence-electron chi connectivity index (χ3n) is 4.56. The summed E-state index contributed by atoms with van der Waals surface area (Å²) >= 11 is 6.33. The van der Waals surface area contributed by atoms with E-state index in [9.17, 15) is 19.7 Å². The van der Waals surface area contributed by atoms with Crippen LogP contribution in [0.5, 0.6) is 11.5 Å². The van der Waals surface area contributed by atoms with Gasteiger partial charge in [0.15, 0.2) is 11.5 Å². The minimum atomic E-state index is -1.02. The van der Waals surface area contributed by atoms with Crippen molar-refractivity contribution in [2.45, 2.75) is 6.61 Å². The van der Waals surface area contributed by atoms with Crippen LogP contribution >= 0.6 is 11.6 Å². The number of para-hydroxylation sites is 1. The summed E-state index contributed by atoms with van der Waals surface area (Å²) in [5.74, 6) is -1.18. The second-order valence-corrected chi connectivity index (χ2v) is 7.21. The van der Waals surface area contributed by atoms with Gasteiger partial charge in [0.1, 0.15) is 12.2 Å². The molecule has 174 valence electrons. The van der Waals surface area contributed by atoms with E-state index in [1.54, 1.807) is 18.2 Å². The molecule has 3 aromatic carbocycles. The smallest absolute Gasteiger partial charge is 0.335 e. The average Bonchev–Trinajstić information content (AvgIpc) is 2.83. The number of rotatable bonds is 9. The van der Waals surface area contributed by atoms with E-state index in [0.29, 0.717) is 11.3 Å². The van der Waals surface area contributed by atoms with Crippen molar-refractivity contribution >= 4 is 35.4 Å². The van der Waals surface area contributed by atoms with Crippen LogP contribution in [0.1, 0.15) is 31.8 Å². The minimum absolute atomic E-state index is 0.120. The van der Waals surface area contributed by atoms with Gasteiger partial charge in [-0.05, 0) is 41.5 Å². The van der Waals surface area contributed by atoms with Crippen LogP contribution in [0, 0.1) is 10.1 Å². The number of carbonyl (C=O) groups excluding carboxylic acids is 1. The Kier molecular flexibility index (Phi) is 7.78. The first-order chi connectivity index (χ1) is 16.3. The van der Waals surface area contributed by atoms with Crippen LogP contribution in [0.2, 0.25) is 5.02 Å². The fraction of sp³-hybridized carbons (Fsp3) is 0.0870. The maximum atomic E-state index is 12.2. The van der Waals surface area contributed by atoms with Gasteiger partial charge in [-0.15, -0.1) is 0 Å². The first kappa shape index (κ1) is 24.2. The molecule has 0 heterocycles. The third kappa shape index (κ3) is 5.87. The van der Waals surface area contributed by atoms with Crippen LogP contribution in [-0.2, 0) is 6.61 Å². The highest BCUT2D eigenvalue weighted by Crippen LogP contribution is 2.36. The van der Waals surface area contributed by atoms with Gasteiger partial charge in [-0.3, -0.25) is 14.9 Å². The quantitative estimate of drug-likeness (QED) is 0.262. The van der Waals surface area contributed by atoms with Gasteiger partial charge in [0, 0.05) is 6.07 Å². The van der Waals surface area contributed by atoms with Crippen molar-refractivity contribution in [1.82, 2.24) is 5.43 Å². The first-order valence-corrected chi connectivity index (χ1v) is 10.1. The zero-order chi connectivity index (χ0) is 24.7. The van der Waals surface area contributed by atoms with E-state index in [1.165, 1.54) is 55.8 Å². The molecule has 0 aromatic heterocycles. The summed E-state index contributed by atoms with van der Waals surface area (Å²) in [5.41, 5.74) is 3.15. The molecule has 0 unspecified atom stereocenters. The minimum Gasteiger partial charge on any atom is -0.493 e. The summed E-state index contributed by atoms with van der Waals surface area (Å²) in [6.45, 7) is 0.120. The second-order valence-electron chi connectivity index (χ2n) is 6.80. The number of nitro groups is 1. The van der Waals surface area contributed by atoms with Crippen LogP contribution in [0.3, 0.4) is 0 Å². The number of methoxy groups -OCH3 is 1. The molecule has 10 nitrogen and oxygen atoms in total. The van der Waals surface area contributed by atoms with E-state index in [-0.39, 0.29) is 34.2 Å². The molecule has 0 aliphatic heterocycles. The number of hydrogen-bond donors (Lipinski definition) is 2. The normalized spacial score (nSPS) is 10.6. The summed E-state index contributed by atoms with van der Waals surface area (Å²) in [6.07, 6.45) is 1.30. The molecule has 0 aliphatic carbocycles. The number of nitro benzene ring substituents is 1. The topological polar surface area (TPSA) is 140 Å². The number of amides is 1. The van der Waals surface area contributed by atoms with Crippen molar-refractivity contribution in [3.05, 3.63) is 98.1 Å². The molecule has 3 aromatic rings. The van der Waals surface area contributed by atoms with Gasteiger partial charge in [0.2, 0.25) is 0 Å². The highest BCUT2D eigenvalue weighted by Gasteiger charge is 2.18. The van der Waals surface area contributed by atoms with Gasteiger partial charge in [-0.2, -0.15) is 5.10 Å². The van der Waals surface area contributed by atoms with Crippen molar-refractivity contribution in [2.24, 2.45) is 5.10 Å². The number of aromatic carboxylic acids is 1. The molecule has 0 aliphatic rings. The van der Waals surface area contributed by atoms with Gasteiger partial charge in [0.25, 0.3) is 11.6 Å². The number of carbonyl (C=O) groups is 2. The zero-order valence-corrected chi connectivity index (χ0v) is 18.5. The molecule has 11 heteroatoms. The number of carboxylic acid groups (broad SMARTS) is 1. The molecule has 2 N–H and O–H groups in total. The number of nitrogens with one attached hydrogen (secondary N) is 1. The van der Waals surface area contributed by atoms with Gasteiger partial charge in [0.05, 0.1) is 28.8 Å². The Morgan fingerprint density at radius 1 is 1.18 bits per heavy atom. The summed E-state index contributed by atoms with van der Waals surface area (Å²) < 4.78 is 11.1. The number of ether oxygens (including phenoxy) is 2. The molecule has 0 radical (unpaired) electrons. The molecule has 34 heavy (non-hydrogen) atoms. The molecule has 3 rings (SSSR count). The third-order valence-corrected chi connectivity index (χ3v) is 4.84. The molecule has 0 spiro atoms. The van der Waals surface area contributed by atoms with E-state index < -0.39 is 16.8 Å². The maximum absolute atomic E-state index is 12.2. The predicted molar refractivity (Wildman–Crippen MR) is 124 cm³/mol. The molecule has 0 saturated carbocycles. The van der Waals surface area contributed by atoms with Crippen molar-refractivity contribution in [3.63, 3.8) is 0 Å². The Labute approximate surface area is 198 Å². The summed E-state index contributed by atoms with van der Waals surface area (Å²) in [7, 11) is 1.43. The SMILES string of the molecule is COc1cc(/C=N\NC(=O)c2ccccc2[N+](=O)[O-])cc(Cl)c1OCc1ccc(C(=O)O)cc1. The number of nitrogens with zero attached hydrogens (tertiary/aromatic N) is 2. The summed E-state index contributed by atoms with van der Waals surface area (Å²) in [6, 6.07) is 14.8. The summed E-state index contributed by atoms with van der Waals surface area (Å²) in [4.78, 5) is 33.6. The van der Waals surface area contributed by atoms with Crippen molar-refractivity contribution in [3.8, 4) is 11.5 Å². The molecule has 0 fully saturated rings. The lowest BCUT2D eigenvalue weighted by molar-refractivity contribution is -0.385. The lowest BCUT2D eigenvalue weighted by Gasteiger charge is -2.13. The van der Waals surface area contributed by atoms with Gasteiger partial charge >= 0.3 is 5.97 Å². The van der Waals surface area contributed by atoms with Crippen molar-refractivity contribution in [1.29, 1.82) is 0 Å². The lowest BCUT2D eigenvalue weighted by Crippen LogP contribution is -2.18. The molecular formula is C23H18ClN3O7. The summed E-state index contributed by atoms with van der Waals surface area (Å²) in [5, 5.41) is 24.1. The Balaban J connectivity index is 1.70. The average molecular weight is 484 g/mol. The highest BCUT2D eigenvalue weighted by atomic mass is 35.5. The number of hydrazone groups is 1. The van der Waals surface area contributed by atoms with Gasteiger partial charge in [-0.25, -0.2) is 10.2 Å². The highest BCUT2D eigenvalue weighted by molar-refractivity contribution is 6.32. The zero-order valence-electron chi connectivity index (χ0n) is 17.7. The van der Waals surface area contributed by atoms with Crippen LogP contribution < -0.4 is 14.9 Å². The maximum Gasteiger partial charge on any atom is 0.335 e. The van der Waals surface area contributed by atoms with Crippen LogP contribution in [0.15, 0.2) is 65.8 Å². The fourth-order valence-electron chi connectivity index (χ4n) is 2.90. The Morgan fingerprint density at radius 3 is 2.53 bits per heavy atom. The monoisotopic (exact) mass is 483 g/mol. The Morgan fingerprint density at radius 2 is 1.88 bits per heavy atom. The van der Waals surface area contributed by atoms with Crippen molar-refractivity contribution < 1.29 is 29.1 Å². The van der Waals surface area contributed by atoms with Crippen LogP contribution in [0.25, 0.3) is 0 Å². The van der Waals surface area contributed by atoms with E-state index in [1.807, 2.05) is 0 Å². The standard InChI is InChI=1S/C23H18ClN3O7/c1-33-20-11-15(12-25-26-22(28)17-4-2-3-5-19(17)27(31)32)10-18(24)21(20)34-13-14-6-8-16(9-7-14)23(29)30/h2-12H,13H2,1H3,(H,26,28)(H,29,30)/b25-12-. The number of benzene rings is 3. The predicted octanol–water partition coefficient (Wildman–Crippen LogP) is 4.30. The largest absolute Gasteiger partial charge is 0.493 e. The Bertz CT molecular complexity index is 1260. The lowest BCUT2D eigenvalue weighted by atomic mass is 10.1. The van der Waals surface area contributed by atoms with Crippen LogP contribution in [-0.4, -0.2) is 35.2 Å². The Hall–Kier alpha value is -4.44. The second kappa shape index (κ2) is 10.9. The number of hydrogen-bond acceptors (Lipinski definition) is 7. The first-order valence-electron chi connectivity index (χ1n) is 9.69. The molecule has 1 amide bonds. The number of halogens is 1. The van der Waals surface area contributed by atoms with E-state index in [4.69, 9.17) is 26.2 Å². The van der Waals surface area contributed by atoms with Gasteiger partial charge < -0.3 is 14.6 Å². The van der Waals surface area contributed by atoms with Gasteiger partial charge in [-0.1, -0.05) is 35.9 Å². The van der Waals surface area contributed by atoms with Crippen LogP contribution in [0.4, 0.5) is 5.69 Å². The fourth-order valence-corrected chi connectivity index (χ4v) is 3.18. The van der Waals surface area contributed by atoms with E-state index in [0.717, 1.165) is 5.56 Å². The molecule has 0 bridgehead atoms. The molecular weight excluding hydrogens is 466 g/mol. The van der Waals surface area contributed by atoms with E-state index >= 15 is 0 Å². The van der Waals surface area contributed by atoms with Crippen molar-refractivity contribution in [2.75, 3.05) is 7.11 Å². The molecule has 0 saturated heterocycles. The van der Waals surface area contributed by atoms with E-state index in [2.05, 4.69) is 10.5 Å². The number of carboxylic acids is 1. The molecule has 0 atom stereocenters.